The quantitative estimate of drug-likeness (QED) is 0.658. The van der Waals surface area contributed by atoms with Crippen LogP contribution in [0.5, 0.6) is 0 Å². The topological polar surface area (TPSA) is 18.5 Å². The Bertz CT molecular complexity index is 319. The van der Waals surface area contributed by atoms with E-state index in [2.05, 4.69) is 58.0 Å². The molecule has 0 amide bonds. The Labute approximate surface area is 113 Å². The zero-order valence-corrected chi connectivity index (χ0v) is 13.1. The van der Waals surface area contributed by atoms with Crippen LogP contribution in [0.15, 0.2) is 30.3 Å². The van der Waals surface area contributed by atoms with E-state index in [1.165, 1.54) is 5.56 Å². The SMILES string of the molecule is CCO[Si](CCc1ccccc1)(OCC)C(C)C. The van der Waals surface area contributed by atoms with Crippen molar-refractivity contribution >= 4 is 8.56 Å². The third kappa shape index (κ3) is 4.23. The second-order valence-corrected chi connectivity index (χ2v) is 8.67. The molecule has 0 aliphatic carbocycles. The first-order valence-corrected chi connectivity index (χ1v) is 9.06. The van der Waals surface area contributed by atoms with Gasteiger partial charge in [-0.25, -0.2) is 0 Å². The normalized spacial score (nSPS) is 12.1. The molecule has 0 N–H and O–H groups in total. The van der Waals surface area contributed by atoms with Crippen molar-refractivity contribution < 1.29 is 8.85 Å². The lowest BCUT2D eigenvalue weighted by Crippen LogP contribution is -2.45. The molecule has 0 radical (unpaired) electrons. The van der Waals surface area contributed by atoms with Crippen molar-refractivity contribution in [3.63, 3.8) is 0 Å². The van der Waals surface area contributed by atoms with Crippen LogP contribution in [-0.2, 0) is 15.3 Å². The third-order valence-corrected chi connectivity index (χ3v) is 7.52. The lowest BCUT2D eigenvalue weighted by molar-refractivity contribution is 0.175. The minimum atomic E-state index is -2.06. The summed E-state index contributed by atoms with van der Waals surface area (Å²) in [6, 6.07) is 11.6. The van der Waals surface area contributed by atoms with E-state index in [0.717, 1.165) is 25.7 Å². The first-order chi connectivity index (χ1) is 8.64. The highest BCUT2D eigenvalue weighted by molar-refractivity contribution is 6.68. The molecule has 0 aliphatic rings. The molecule has 0 atom stereocenters. The molecule has 0 saturated carbocycles. The van der Waals surface area contributed by atoms with E-state index in [0.29, 0.717) is 5.54 Å². The maximum atomic E-state index is 6.07. The molecule has 102 valence electrons. The monoisotopic (exact) mass is 266 g/mol. The first kappa shape index (κ1) is 15.4. The predicted molar refractivity (Wildman–Crippen MR) is 79.1 cm³/mol. The summed E-state index contributed by atoms with van der Waals surface area (Å²) in [5, 5.41) is 0. The Morgan fingerprint density at radius 2 is 1.56 bits per heavy atom. The van der Waals surface area contributed by atoms with Crippen LogP contribution < -0.4 is 0 Å². The minimum absolute atomic E-state index is 0.487. The highest BCUT2D eigenvalue weighted by Gasteiger charge is 2.40. The number of aryl methyl sites for hydroxylation is 1. The van der Waals surface area contributed by atoms with Gasteiger partial charge in [0.05, 0.1) is 0 Å². The standard InChI is InChI=1S/C15H26O2Si/c1-5-16-18(14(3)4,17-6-2)13-12-15-10-8-7-9-11-15/h7-11,14H,5-6,12-13H2,1-4H3. The number of rotatable bonds is 8. The maximum absolute atomic E-state index is 6.07. The van der Waals surface area contributed by atoms with Crippen LogP contribution in [0, 0.1) is 0 Å². The molecular weight excluding hydrogens is 240 g/mol. The number of benzene rings is 1. The van der Waals surface area contributed by atoms with E-state index in [4.69, 9.17) is 8.85 Å². The van der Waals surface area contributed by atoms with Crippen molar-refractivity contribution in [2.45, 2.75) is 45.7 Å². The van der Waals surface area contributed by atoms with Gasteiger partial charge in [0.2, 0.25) is 0 Å². The van der Waals surface area contributed by atoms with E-state index in [1.807, 2.05) is 0 Å². The molecule has 0 aromatic heterocycles. The first-order valence-electron chi connectivity index (χ1n) is 6.96. The fraction of sp³-hybridized carbons (Fsp3) is 0.600. The zero-order valence-electron chi connectivity index (χ0n) is 12.1. The van der Waals surface area contributed by atoms with Gasteiger partial charge in [-0.15, -0.1) is 0 Å². The molecule has 1 aromatic carbocycles. The van der Waals surface area contributed by atoms with Crippen molar-refractivity contribution in [2.75, 3.05) is 13.2 Å². The van der Waals surface area contributed by atoms with Crippen molar-refractivity contribution in [1.29, 1.82) is 0 Å². The summed E-state index contributed by atoms with van der Waals surface area (Å²) in [6.07, 6.45) is 1.05. The summed E-state index contributed by atoms with van der Waals surface area (Å²) in [7, 11) is -2.06. The maximum Gasteiger partial charge on any atom is 0.341 e. The third-order valence-electron chi connectivity index (χ3n) is 3.26. The van der Waals surface area contributed by atoms with Crippen LogP contribution >= 0.6 is 0 Å². The molecule has 0 aliphatic heterocycles. The minimum Gasteiger partial charge on any atom is -0.394 e. The van der Waals surface area contributed by atoms with Crippen LogP contribution in [0.3, 0.4) is 0 Å². The molecule has 0 saturated heterocycles. The van der Waals surface area contributed by atoms with Gasteiger partial charge < -0.3 is 8.85 Å². The molecule has 3 heteroatoms. The van der Waals surface area contributed by atoms with Crippen molar-refractivity contribution in [3.05, 3.63) is 35.9 Å². The van der Waals surface area contributed by atoms with E-state index >= 15 is 0 Å². The van der Waals surface area contributed by atoms with Crippen molar-refractivity contribution in [1.82, 2.24) is 0 Å². The molecule has 0 bridgehead atoms. The molecule has 1 rings (SSSR count). The molecule has 18 heavy (non-hydrogen) atoms. The Morgan fingerprint density at radius 1 is 1.00 bits per heavy atom. The van der Waals surface area contributed by atoms with Gasteiger partial charge in [0, 0.05) is 13.2 Å². The van der Waals surface area contributed by atoms with Gasteiger partial charge in [-0.05, 0) is 37.4 Å². The molecule has 0 unspecified atom stereocenters. The van der Waals surface area contributed by atoms with Crippen LogP contribution in [0.2, 0.25) is 11.6 Å². The zero-order chi connectivity index (χ0) is 13.4. The second-order valence-electron chi connectivity index (χ2n) is 4.82. The average molecular weight is 266 g/mol. The Morgan fingerprint density at radius 3 is 2.00 bits per heavy atom. The Hall–Kier alpha value is -0.643. The Balaban J connectivity index is 2.71. The lowest BCUT2D eigenvalue weighted by Gasteiger charge is -2.33. The van der Waals surface area contributed by atoms with Gasteiger partial charge in [-0.2, -0.15) is 0 Å². The van der Waals surface area contributed by atoms with Crippen LogP contribution in [0.25, 0.3) is 0 Å². The highest BCUT2D eigenvalue weighted by Crippen LogP contribution is 2.29. The van der Waals surface area contributed by atoms with Gasteiger partial charge in [0.15, 0.2) is 0 Å². The fourth-order valence-corrected chi connectivity index (χ4v) is 5.49. The van der Waals surface area contributed by atoms with Gasteiger partial charge in [0.25, 0.3) is 0 Å². The molecule has 2 nitrogen and oxygen atoms in total. The summed E-state index contributed by atoms with van der Waals surface area (Å²) in [5.74, 6) is 0. The summed E-state index contributed by atoms with van der Waals surface area (Å²) in [4.78, 5) is 0. The van der Waals surface area contributed by atoms with Gasteiger partial charge in [-0.3, -0.25) is 0 Å². The smallest absolute Gasteiger partial charge is 0.341 e. The van der Waals surface area contributed by atoms with Gasteiger partial charge >= 0.3 is 8.56 Å². The lowest BCUT2D eigenvalue weighted by atomic mass is 10.2. The highest BCUT2D eigenvalue weighted by atomic mass is 28.4. The second kappa shape index (κ2) is 7.72. The van der Waals surface area contributed by atoms with E-state index in [-0.39, 0.29) is 0 Å². The largest absolute Gasteiger partial charge is 0.394 e. The number of hydrogen-bond donors (Lipinski definition) is 0. The van der Waals surface area contributed by atoms with Gasteiger partial charge in [-0.1, -0.05) is 44.2 Å². The van der Waals surface area contributed by atoms with Gasteiger partial charge in [0.1, 0.15) is 0 Å². The van der Waals surface area contributed by atoms with Crippen LogP contribution in [0.4, 0.5) is 0 Å². The van der Waals surface area contributed by atoms with Crippen molar-refractivity contribution in [3.8, 4) is 0 Å². The van der Waals surface area contributed by atoms with Crippen LogP contribution in [0.1, 0.15) is 33.3 Å². The molecule has 0 heterocycles. The predicted octanol–water partition coefficient (Wildman–Crippen LogP) is 4.15. The summed E-state index contributed by atoms with van der Waals surface area (Å²) < 4.78 is 12.1. The average Bonchev–Trinajstić information content (AvgIpc) is 2.37. The molecule has 0 fully saturated rings. The summed E-state index contributed by atoms with van der Waals surface area (Å²) in [6.45, 7) is 10.1. The Kier molecular flexibility index (Phi) is 6.61. The van der Waals surface area contributed by atoms with E-state index < -0.39 is 8.56 Å². The molecular formula is C15H26O2Si. The molecule has 1 aromatic rings. The summed E-state index contributed by atoms with van der Waals surface area (Å²) in [5.41, 5.74) is 1.86. The van der Waals surface area contributed by atoms with Crippen LogP contribution in [-0.4, -0.2) is 21.8 Å². The number of hydrogen-bond acceptors (Lipinski definition) is 2. The fourth-order valence-electron chi connectivity index (χ4n) is 2.26. The summed E-state index contributed by atoms with van der Waals surface area (Å²) >= 11 is 0. The van der Waals surface area contributed by atoms with E-state index in [9.17, 15) is 0 Å². The van der Waals surface area contributed by atoms with E-state index in [1.54, 1.807) is 0 Å². The molecule has 0 spiro atoms. The van der Waals surface area contributed by atoms with Crippen molar-refractivity contribution in [2.24, 2.45) is 0 Å².